The van der Waals surface area contributed by atoms with Gasteiger partial charge in [0.05, 0.1) is 10.6 Å². The molecular weight excluding hydrogens is 505 g/mol. The summed E-state index contributed by atoms with van der Waals surface area (Å²) in [5.41, 5.74) is 1.83. The first-order valence-corrected chi connectivity index (χ1v) is 12.6. The van der Waals surface area contributed by atoms with E-state index < -0.39 is 34.6 Å². The molecule has 0 aliphatic carbocycles. The largest absolute Gasteiger partial charge is 0.573 e. The second kappa shape index (κ2) is 10.1. The van der Waals surface area contributed by atoms with Gasteiger partial charge < -0.3 is 10.1 Å². The van der Waals surface area contributed by atoms with Crippen molar-refractivity contribution in [2.75, 3.05) is 16.2 Å². The lowest BCUT2D eigenvalue weighted by atomic mass is 10.1. The van der Waals surface area contributed by atoms with Crippen molar-refractivity contribution in [1.29, 1.82) is 0 Å². The molecule has 4 rings (SSSR count). The van der Waals surface area contributed by atoms with Crippen molar-refractivity contribution in [3.8, 4) is 5.75 Å². The fourth-order valence-corrected chi connectivity index (χ4v) is 5.64. The molecule has 37 heavy (non-hydrogen) atoms. The van der Waals surface area contributed by atoms with Gasteiger partial charge in [-0.1, -0.05) is 54.6 Å². The first kappa shape index (κ1) is 26.0. The zero-order chi connectivity index (χ0) is 26.8. The van der Waals surface area contributed by atoms with Crippen molar-refractivity contribution in [2.45, 2.75) is 25.1 Å². The van der Waals surface area contributed by atoms with Crippen molar-refractivity contribution in [3.05, 3.63) is 96.1 Å². The molecule has 0 atom stereocenters. The number of carbonyl (C=O) groups is 1. The number of rotatable bonds is 7. The number of hydrogen-bond acceptors (Lipinski definition) is 4. The Kier molecular flexibility index (Phi) is 7.13. The van der Waals surface area contributed by atoms with Crippen LogP contribution in [0.4, 0.5) is 24.5 Å². The normalized spacial score (nSPS) is 11.8. The van der Waals surface area contributed by atoms with E-state index in [0.29, 0.717) is 16.6 Å². The van der Waals surface area contributed by atoms with E-state index in [2.05, 4.69) is 10.1 Å². The maximum atomic E-state index is 14.0. The van der Waals surface area contributed by atoms with Gasteiger partial charge in [0.1, 0.15) is 12.3 Å². The molecule has 0 aliphatic rings. The molecule has 192 valence electrons. The standard InChI is InChI=1S/C27H23F3N2O4S/c1-18-8-5-14-24(19(18)2)32(37(34,35)25-15-6-10-20-9-3-4-13-23(20)25)17-26(33)31-21-11-7-12-22(16-21)36-27(28,29)30/h3-16H,17H2,1-2H3,(H,31,33). The number of ether oxygens (including phenoxy) is 1. The maximum absolute atomic E-state index is 14.0. The highest BCUT2D eigenvalue weighted by Gasteiger charge is 2.32. The fraction of sp³-hybridized carbons (Fsp3) is 0.148. The van der Waals surface area contributed by atoms with Crippen LogP contribution in [0.5, 0.6) is 5.75 Å². The summed E-state index contributed by atoms with van der Waals surface area (Å²) in [5.74, 6) is -1.26. The van der Waals surface area contributed by atoms with E-state index in [1.807, 2.05) is 13.0 Å². The van der Waals surface area contributed by atoms with Crippen LogP contribution in [0.2, 0.25) is 0 Å². The van der Waals surface area contributed by atoms with Gasteiger partial charge in [-0.25, -0.2) is 8.42 Å². The van der Waals surface area contributed by atoms with Gasteiger partial charge in [0.2, 0.25) is 5.91 Å². The Morgan fingerprint density at radius 1 is 0.919 bits per heavy atom. The molecule has 0 unspecified atom stereocenters. The van der Waals surface area contributed by atoms with E-state index in [0.717, 1.165) is 27.4 Å². The zero-order valence-corrected chi connectivity index (χ0v) is 20.7. The van der Waals surface area contributed by atoms with E-state index in [-0.39, 0.29) is 10.6 Å². The van der Waals surface area contributed by atoms with E-state index in [4.69, 9.17) is 0 Å². The highest BCUT2D eigenvalue weighted by atomic mass is 32.2. The third-order valence-corrected chi connectivity index (χ3v) is 7.62. The second-order valence-corrected chi connectivity index (χ2v) is 10.2. The van der Waals surface area contributed by atoms with Crippen LogP contribution < -0.4 is 14.4 Å². The molecule has 0 bridgehead atoms. The van der Waals surface area contributed by atoms with Crippen LogP contribution in [-0.2, 0) is 14.8 Å². The molecule has 0 aliphatic heterocycles. The van der Waals surface area contributed by atoms with Crippen LogP contribution >= 0.6 is 0 Å². The highest BCUT2D eigenvalue weighted by molar-refractivity contribution is 7.93. The van der Waals surface area contributed by atoms with Gasteiger partial charge >= 0.3 is 6.36 Å². The summed E-state index contributed by atoms with van der Waals surface area (Å²) in [5, 5.41) is 3.69. The minimum absolute atomic E-state index is 0.0234. The lowest BCUT2D eigenvalue weighted by Gasteiger charge is -2.27. The first-order chi connectivity index (χ1) is 17.5. The number of aryl methyl sites for hydroxylation is 1. The van der Waals surface area contributed by atoms with Gasteiger partial charge in [0.15, 0.2) is 0 Å². The molecular formula is C27H23F3N2O4S. The average Bonchev–Trinajstić information content (AvgIpc) is 2.83. The van der Waals surface area contributed by atoms with Gasteiger partial charge in [0.25, 0.3) is 10.0 Å². The number of halogens is 3. The Hall–Kier alpha value is -4.05. The lowest BCUT2D eigenvalue weighted by molar-refractivity contribution is -0.274. The van der Waals surface area contributed by atoms with Crippen molar-refractivity contribution >= 4 is 38.1 Å². The summed E-state index contributed by atoms with van der Waals surface area (Å²) in [6.07, 6.45) is -4.89. The summed E-state index contributed by atoms with van der Waals surface area (Å²) >= 11 is 0. The molecule has 0 fully saturated rings. The van der Waals surface area contributed by atoms with Crippen molar-refractivity contribution in [2.24, 2.45) is 0 Å². The number of nitrogens with zero attached hydrogens (tertiary/aromatic N) is 1. The molecule has 0 saturated carbocycles. The van der Waals surface area contributed by atoms with Gasteiger partial charge in [-0.05, 0) is 54.6 Å². The number of sulfonamides is 1. The predicted molar refractivity (Wildman–Crippen MR) is 136 cm³/mol. The van der Waals surface area contributed by atoms with Crippen molar-refractivity contribution in [3.63, 3.8) is 0 Å². The molecule has 4 aromatic carbocycles. The monoisotopic (exact) mass is 528 g/mol. The number of amides is 1. The third-order valence-electron chi connectivity index (χ3n) is 5.80. The number of hydrogen-bond donors (Lipinski definition) is 1. The lowest BCUT2D eigenvalue weighted by Crippen LogP contribution is -2.38. The van der Waals surface area contributed by atoms with Gasteiger partial charge in [-0.2, -0.15) is 0 Å². The number of anilines is 2. The van der Waals surface area contributed by atoms with Crippen LogP contribution in [0.25, 0.3) is 10.8 Å². The van der Waals surface area contributed by atoms with Gasteiger partial charge in [-0.3, -0.25) is 9.10 Å². The predicted octanol–water partition coefficient (Wildman–Crippen LogP) is 6.19. The molecule has 1 amide bonds. The molecule has 0 heterocycles. The van der Waals surface area contributed by atoms with Crippen LogP contribution in [-0.4, -0.2) is 27.2 Å². The average molecular weight is 529 g/mol. The fourth-order valence-electron chi connectivity index (χ4n) is 3.95. The van der Waals surface area contributed by atoms with Crippen LogP contribution in [0.1, 0.15) is 11.1 Å². The molecule has 6 nitrogen and oxygen atoms in total. The Balaban J connectivity index is 1.72. The first-order valence-electron chi connectivity index (χ1n) is 11.2. The molecule has 10 heteroatoms. The maximum Gasteiger partial charge on any atom is 0.573 e. The van der Waals surface area contributed by atoms with E-state index in [9.17, 15) is 26.4 Å². The Bertz CT molecular complexity index is 1560. The zero-order valence-electron chi connectivity index (χ0n) is 19.9. The highest BCUT2D eigenvalue weighted by Crippen LogP contribution is 2.32. The summed E-state index contributed by atoms with van der Waals surface area (Å²) in [6.45, 7) is 2.97. The van der Waals surface area contributed by atoms with Gasteiger partial charge in [-0.15, -0.1) is 13.2 Å². The summed E-state index contributed by atoms with van der Waals surface area (Å²) in [7, 11) is -4.24. The quantitative estimate of drug-likeness (QED) is 0.310. The number of benzene rings is 4. The van der Waals surface area contributed by atoms with Crippen molar-refractivity contribution in [1.82, 2.24) is 0 Å². The minimum Gasteiger partial charge on any atom is -0.406 e. The summed E-state index contributed by atoms with van der Waals surface area (Å²) in [6, 6.07) is 21.8. The summed E-state index contributed by atoms with van der Waals surface area (Å²) < 4.78 is 70.7. The smallest absolute Gasteiger partial charge is 0.406 e. The third kappa shape index (κ3) is 5.86. The number of alkyl halides is 3. The van der Waals surface area contributed by atoms with E-state index in [1.54, 1.807) is 55.5 Å². The minimum atomic E-state index is -4.89. The molecule has 0 aromatic heterocycles. The Labute approximate surface area is 212 Å². The topological polar surface area (TPSA) is 75.7 Å². The van der Waals surface area contributed by atoms with Gasteiger partial charge in [0, 0.05) is 17.1 Å². The molecule has 0 spiro atoms. The van der Waals surface area contributed by atoms with Crippen LogP contribution in [0.3, 0.4) is 0 Å². The molecule has 0 saturated heterocycles. The van der Waals surface area contributed by atoms with Crippen molar-refractivity contribution < 1.29 is 31.1 Å². The molecule has 4 aromatic rings. The van der Waals surface area contributed by atoms with Crippen LogP contribution in [0.15, 0.2) is 89.8 Å². The summed E-state index contributed by atoms with van der Waals surface area (Å²) in [4.78, 5) is 13.1. The van der Waals surface area contributed by atoms with E-state index in [1.165, 1.54) is 18.2 Å². The Morgan fingerprint density at radius 3 is 2.35 bits per heavy atom. The van der Waals surface area contributed by atoms with Crippen LogP contribution in [0, 0.1) is 13.8 Å². The SMILES string of the molecule is Cc1cccc(N(CC(=O)Nc2cccc(OC(F)(F)F)c2)S(=O)(=O)c2cccc3ccccc23)c1C. The number of fused-ring (bicyclic) bond motifs is 1. The van der Waals surface area contributed by atoms with E-state index >= 15 is 0 Å². The number of carbonyl (C=O) groups excluding carboxylic acids is 1. The number of nitrogens with one attached hydrogen (secondary N) is 1. The molecule has 1 N–H and O–H groups in total. The molecule has 0 radical (unpaired) electrons. The Morgan fingerprint density at radius 2 is 1.59 bits per heavy atom. The second-order valence-electron chi connectivity index (χ2n) is 8.33.